The van der Waals surface area contributed by atoms with Crippen LogP contribution in [-0.4, -0.2) is 81.9 Å². The normalized spacial score (nSPS) is 18.6. The Morgan fingerprint density at radius 1 is 0.818 bits per heavy atom. The number of aliphatic carboxylic acids is 1. The van der Waals surface area contributed by atoms with Crippen molar-refractivity contribution in [2.24, 2.45) is 0 Å². The molecule has 5 rings (SSSR count). The third kappa shape index (κ3) is 7.82. The molecule has 3 aromatic rings. The summed E-state index contributed by atoms with van der Waals surface area (Å²) in [5.41, 5.74) is 4.19. The lowest BCUT2D eigenvalue weighted by Gasteiger charge is -2.42. The summed E-state index contributed by atoms with van der Waals surface area (Å²) in [7, 11) is 0. The van der Waals surface area contributed by atoms with Crippen molar-refractivity contribution in [3.63, 3.8) is 0 Å². The molecular formula is C34H39N5O5. The van der Waals surface area contributed by atoms with Crippen LogP contribution in [0.2, 0.25) is 0 Å². The average molecular weight is 598 g/mol. The van der Waals surface area contributed by atoms with E-state index in [4.69, 9.17) is 0 Å². The van der Waals surface area contributed by atoms with E-state index in [9.17, 15) is 24.3 Å². The van der Waals surface area contributed by atoms with Gasteiger partial charge in [-0.1, -0.05) is 60.7 Å². The summed E-state index contributed by atoms with van der Waals surface area (Å²) in [6.07, 6.45) is 1.27. The number of piperazine rings is 1. The van der Waals surface area contributed by atoms with E-state index in [1.165, 1.54) is 0 Å². The number of carboxylic acids is 1. The molecule has 2 aliphatic heterocycles. The van der Waals surface area contributed by atoms with Gasteiger partial charge in [0.2, 0.25) is 11.8 Å². The van der Waals surface area contributed by atoms with E-state index in [0.717, 1.165) is 28.8 Å². The molecule has 0 radical (unpaired) electrons. The van der Waals surface area contributed by atoms with Crippen molar-refractivity contribution in [1.82, 2.24) is 14.7 Å². The van der Waals surface area contributed by atoms with Crippen LogP contribution in [0.4, 0.5) is 16.2 Å². The van der Waals surface area contributed by atoms with Gasteiger partial charge in [-0.05, 0) is 54.7 Å². The molecule has 2 unspecified atom stereocenters. The summed E-state index contributed by atoms with van der Waals surface area (Å²) in [6, 6.07) is 23.2. The molecule has 2 aliphatic rings. The Morgan fingerprint density at radius 3 is 2.27 bits per heavy atom. The van der Waals surface area contributed by atoms with Gasteiger partial charge in [0.25, 0.3) is 0 Å². The monoisotopic (exact) mass is 597 g/mol. The van der Waals surface area contributed by atoms with Crippen LogP contribution in [0.5, 0.6) is 0 Å². The molecule has 230 valence electrons. The maximum atomic E-state index is 13.8. The third-order valence-electron chi connectivity index (χ3n) is 8.33. The number of anilines is 2. The zero-order valence-electron chi connectivity index (χ0n) is 24.9. The van der Waals surface area contributed by atoms with E-state index in [1.54, 1.807) is 34.1 Å². The molecule has 44 heavy (non-hydrogen) atoms. The van der Waals surface area contributed by atoms with Crippen molar-refractivity contribution < 1.29 is 24.3 Å². The van der Waals surface area contributed by atoms with Crippen LogP contribution in [0.15, 0.2) is 78.9 Å². The number of carbonyl (C=O) groups excluding carboxylic acids is 3. The first-order chi connectivity index (χ1) is 21.3. The number of hydrogen-bond donors (Lipinski definition) is 3. The number of nitrogens with one attached hydrogen (secondary N) is 2. The maximum Gasteiger partial charge on any atom is 0.323 e. The number of carboxylic acid groups (broad SMARTS) is 1. The van der Waals surface area contributed by atoms with Crippen LogP contribution in [0.1, 0.15) is 36.0 Å². The zero-order valence-corrected chi connectivity index (χ0v) is 24.9. The fraction of sp³-hybridized carbons (Fsp3) is 0.353. The first-order valence-corrected chi connectivity index (χ1v) is 15.1. The van der Waals surface area contributed by atoms with Gasteiger partial charge in [0.15, 0.2) is 0 Å². The molecule has 2 saturated heterocycles. The van der Waals surface area contributed by atoms with E-state index in [0.29, 0.717) is 44.8 Å². The first kappa shape index (κ1) is 30.7. The fourth-order valence-electron chi connectivity index (χ4n) is 6.06. The average Bonchev–Trinajstić information content (AvgIpc) is 3.50. The Balaban J connectivity index is 1.17. The van der Waals surface area contributed by atoms with Gasteiger partial charge in [0, 0.05) is 44.1 Å². The van der Waals surface area contributed by atoms with Crippen molar-refractivity contribution in [2.45, 2.75) is 51.2 Å². The smallest absolute Gasteiger partial charge is 0.323 e. The fourth-order valence-corrected chi connectivity index (χ4v) is 6.06. The lowest BCUT2D eigenvalue weighted by molar-refractivity contribution is -0.149. The second-order valence-corrected chi connectivity index (χ2v) is 11.5. The molecule has 0 bridgehead atoms. The van der Waals surface area contributed by atoms with Gasteiger partial charge in [0.1, 0.15) is 6.04 Å². The summed E-state index contributed by atoms with van der Waals surface area (Å²) in [6.45, 7) is 4.64. The van der Waals surface area contributed by atoms with Crippen LogP contribution in [-0.2, 0) is 27.3 Å². The minimum Gasteiger partial charge on any atom is -0.481 e. The standard InChI is InChI=1S/C34H39N5O5/c1-24-8-5-6-11-29(24)36-34(44)35-27-15-13-25(14-16-27)20-31(40)39-17-7-12-30(39)33(43)38-19-18-37(23-28(38)21-32(41)42)22-26-9-3-2-4-10-26/h2-6,8-11,13-16,28,30H,7,12,17-23H2,1H3,(H,41,42)(H2,35,36,44). The highest BCUT2D eigenvalue weighted by molar-refractivity contribution is 6.00. The highest BCUT2D eigenvalue weighted by Crippen LogP contribution is 2.25. The summed E-state index contributed by atoms with van der Waals surface area (Å²) < 4.78 is 0. The minimum atomic E-state index is -0.945. The summed E-state index contributed by atoms with van der Waals surface area (Å²) in [5.74, 6) is -1.25. The van der Waals surface area contributed by atoms with Crippen LogP contribution in [0.3, 0.4) is 0 Å². The van der Waals surface area contributed by atoms with Crippen molar-refractivity contribution in [3.05, 3.63) is 95.6 Å². The van der Waals surface area contributed by atoms with Gasteiger partial charge in [-0.15, -0.1) is 0 Å². The van der Waals surface area contributed by atoms with E-state index in [1.807, 2.05) is 61.5 Å². The predicted molar refractivity (Wildman–Crippen MR) is 168 cm³/mol. The van der Waals surface area contributed by atoms with Crippen molar-refractivity contribution >= 4 is 35.2 Å². The molecule has 2 fully saturated rings. The molecule has 0 aliphatic carbocycles. The van der Waals surface area contributed by atoms with Gasteiger partial charge >= 0.3 is 12.0 Å². The Bertz CT molecular complexity index is 1480. The number of benzene rings is 3. The minimum absolute atomic E-state index is 0.128. The molecule has 2 heterocycles. The number of carbonyl (C=O) groups is 4. The van der Waals surface area contributed by atoms with Gasteiger partial charge < -0.3 is 25.5 Å². The summed E-state index contributed by atoms with van der Waals surface area (Å²) in [4.78, 5) is 56.9. The van der Waals surface area contributed by atoms with Crippen LogP contribution >= 0.6 is 0 Å². The Morgan fingerprint density at radius 2 is 1.55 bits per heavy atom. The number of urea groups is 1. The van der Waals surface area contributed by atoms with E-state index in [-0.39, 0.29) is 30.7 Å². The Hall–Kier alpha value is -4.70. The van der Waals surface area contributed by atoms with Crippen molar-refractivity contribution in [3.8, 4) is 0 Å². The van der Waals surface area contributed by atoms with E-state index >= 15 is 0 Å². The Kier molecular flexibility index (Phi) is 9.91. The zero-order chi connectivity index (χ0) is 31.1. The molecule has 4 amide bonds. The van der Waals surface area contributed by atoms with Crippen LogP contribution in [0, 0.1) is 6.92 Å². The molecule has 10 heteroatoms. The van der Waals surface area contributed by atoms with Gasteiger partial charge in [-0.25, -0.2) is 4.79 Å². The lowest BCUT2D eigenvalue weighted by atomic mass is 10.0. The molecule has 10 nitrogen and oxygen atoms in total. The molecule has 0 spiro atoms. The number of likely N-dealkylation sites (tertiary alicyclic amines) is 1. The number of rotatable bonds is 9. The van der Waals surface area contributed by atoms with Crippen LogP contribution in [0.25, 0.3) is 0 Å². The SMILES string of the molecule is Cc1ccccc1NC(=O)Nc1ccc(CC(=O)N2CCCC2C(=O)N2CCN(Cc3ccccc3)CC2CC(=O)O)cc1. The van der Waals surface area contributed by atoms with E-state index < -0.39 is 18.1 Å². The second kappa shape index (κ2) is 14.2. The molecule has 3 aromatic carbocycles. The number of para-hydroxylation sites is 1. The predicted octanol–water partition coefficient (Wildman–Crippen LogP) is 4.36. The molecule has 0 aromatic heterocycles. The highest BCUT2D eigenvalue weighted by Gasteiger charge is 2.40. The number of aryl methyl sites for hydroxylation is 1. The quantitative estimate of drug-likeness (QED) is 0.337. The summed E-state index contributed by atoms with van der Waals surface area (Å²) >= 11 is 0. The van der Waals surface area contributed by atoms with Gasteiger partial charge in [-0.3, -0.25) is 19.3 Å². The molecule has 0 saturated carbocycles. The number of amides is 4. The third-order valence-corrected chi connectivity index (χ3v) is 8.33. The number of hydrogen-bond acceptors (Lipinski definition) is 5. The largest absolute Gasteiger partial charge is 0.481 e. The van der Waals surface area contributed by atoms with Gasteiger partial charge in [-0.2, -0.15) is 0 Å². The second-order valence-electron chi connectivity index (χ2n) is 11.5. The molecular weight excluding hydrogens is 558 g/mol. The summed E-state index contributed by atoms with van der Waals surface area (Å²) in [5, 5.41) is 15.2. The number of nitrogens with zero attached hydrogens (tertiary/aromatic N) is 3. The molecule has 3 N–H and O–H groups in total. The lowest BCUT2D eigenvalue weighted by Crippen LogP contribution is -2.59. The van der Waals surface area contributed by atoms with Crippen molar-refractivity contribution in [1.29, 1.82) is 0 Å². The first-order valence-electron chi connectivity index (χ1n) is 15.1. The molecule has 2 atom stereocenters. The maximum absolute atomic E-state index is 13.8. The Labute approximate surface area is 257 Å². The van der Waals surface area contributed by atoms with Gasteiger partial charge in [0.05, 0.1) is 18.9 Å². The van der Waals surface area contributed by atoms with E-state index in [2.05, 4.69) is 15.5 Å². The van der Waals surface area contributed by atoms with Crippen LogP contribution < -0.4 is 10.6 Å². The topological polar surface area (TPSA) is 122 Å². The highest BCUT2D eigenvalue weighted by atomic mass is 16.4. The van der Waals surface area contributed by atoms with Crippen molar-refractivity contribution in [2.75, 3.05) is 36.8 Å².